The number of nitrogens with zero attached hydrogens (tertiary/aromatic N) is 3. The van der Waals surface area contributed by atoms with Crippen molar-refractivity contribution in [3.63, 3.8) is 0 Å². The molecular formula is C15H25N3O. The van der Waals surface area contributed by atoms with Crippen molar-refractivity contribution < 1.29 is 5.11 Å². The Hall–Kier alpha value is -0.990. The van der Waals surface area contributed by atoms with Gasteiger partial charge in [0.15, 0.2) is 0 Å². The Labute approximate surface area is 115 Å². The molecule has 0 amide bonds. The van der Waals surface area contributed by atoms with Gasteiger partial charge in [0.05, 0.1) is 6.61 Å². The van der Waals surface area contributed by atoms with Crippen LogP contribution in [0.1, 0.15) is 46.5 Å². The highest BCUT2D eigenvalue weighted by Gasteiger charge is 2.51. The first kappa shape index (κ1) is 14.4. The van der Waals surface area contributed by atoms with Gasteiger partial charge in [0, 0.05) is 17.4 Å². The van der Waals surface area contributed by atoms with Crippen LogP contribution < -0.4 is 0 Å². The van der Waals surface area contributed by atoms with E-state index >= 15 is 0 Å². The fourth-order valence-electron chi connectivity index (χ4n) is 4.62. The molecule has 2 aliphatic carbocycles. The van der Waals surface area contributed by atoms with E-state index in [2.05, 4.69) is 36.9 Å². The minimum atomic E-state index is 0.144. The van der Waals surface area contributed by atoms with Crippen molar-refractivity contribution in [1.29, 1.82) is 0 Å². The number of aliphatic hydroxyl groups is 1. The number of azide groups is 1. The smallest absolute Gasteiger partial charge is 0.0501 e. The van der Waals surface area contributed by atoms with Gasteiger partial charge in [0.2, 0.25) is 0 Å². The number of rotatable bonds is 3. The second kappa shape index (κ2) is 5.18. The summed E-state index contributed by atoms with van der Waals surface area (Å²) in [6.45, 7) is 7.61. The molecule has 2 aliphatic rings. The molecule has 0 bridgehead atoms. The molecule has 0 aromatic heterocycles. The summed E-state index contributed by atoms with van der Waals surface area (Å²) in [5.74, 6) is 0.761. The van der Waals surface area contributed by atoms with Crippen molar-refractivity contribution in [3.05, 3.63) is 22.1 Å². The zero-order chi connectivity index (χ0) is 14.1. The van der Waals surface area contributed by atoms with Crippen LogP contribution in [0, 0.1) is 22.7 Å². The average Bonchev–Trinajstić information content (AvgIpc) is 2.34. The fraction of sp³-hybridized carbons (Fsp3) is 0.867. The van der Waals surface area contributed by atoms with Gasteiger partial charge in [-0.05, 0) is 41.5 Å². The van der Waals surface area contributed by atoms with E-state index < -0.39 is 0 Å². The molecule has 0 heterocycles. The molecule has 3 atom stereocenters. The molecule has 0 aromatic rings. The Morgan fingerprint density at radius 2 is 2.16 bits per heavy atom. The summed E-state index contributed by atoms with van der Waals surface area (Å²) < 4.78 is 0. The van der Waals surface area contributed by atoms with Crippen LogP contribution in [-0.2, 0) is 0 Å². The second-order valence-corrected chi connectivity index (χ2v) is 7.04. The number of allylic oxidation sites excluding steroid dienone is 1. The van der Waals surface area contributed by atoms with Gasteiger partial charge in [-0.3, -0.25) is 0 Å². The molecule has 19 heavy (non-hydrogen) atoms. The summed E-state index contributed by atoms with van der Waals surface area (Å²) >= 11 is 0. The summed E-state index contributed by atoms with van der Waals surface area (Å²) in [5.41, 5.74) is 10.1. The van der Waals surface area contributed by atoms with E-state index in [1.54, 1.807) is 0 Å². The lowest BCUT2D eigenvalue weighted by molar-refractivity contribution is -0.0513. The molecule has 1 N–H and O–H groups in total. The first-order chi connectivity index (χ1) is 8.95. The highest BCUT2D eigenvalue weighted by molar-refractivity contribution is 5.21. The van der Waals surface area contributed by atoms with Crippen LogP contribution in [-0.4, -0.2) is 18.3 Å². The maximum atomic E-state index is 9.86. The van der Waals surface area contributed by atoms with Gasteiger partial charge >= 0.3 is 0 Å². The zero-order valence-corrected chi connectivity index (χ0v) is 12.3. The molecule has 1 saturated carbocycles. The average molecular weight is 263 g/mol. The van der Waals surface area contributed by atoms with Crippen LogP contribution in [0.5, 0.6) is 0 Å². The van der Waals surface area contributed by atoms with Gasteiger partial charge in [0.1, 0.15) is 0 Å². The third-order valence-corrected chi connectivity index (χ3v) is 5.63. The monoisotopic (exact) mass is 263 g/mol. The van der Waals surface area contributed by atoms with E-state index in [0.29, 0.717) is 17.9 Å². The van der Waals surface area contributed by atoms with Gasteiger partial charge in [-0.25, -0.2) is 0 Å². The Balaban J connectivity index is 2.35. The predicted octanol–water partition coefficient (Wildman–Crippen LogP) is 4.07. The van der Waals surface area contributed by atoms with E-state index in [1.165, 1.54) is 19.3 Å². The normalized spacial score (nSPS) is 36.9. The van der Waals surface area contributed by atoms with Crippen LogP contribution in [0.15, 0.2) is 16.8 Å². The van der Waals surface area contributed by atoms with Gasteiger partial charge in [-0.2, -0.15) is 0 Å². The molecule has 1 fully saturated rings. The van der Waals surface area contributed by atoms with Crippen molar-refractivity contribution in [2.24, 2.45) is 27.8 Å². The predicted molar refractivity (Wildman–Crippen MR) is 76.5 cm³/mol. The third kappa shape index (κ3) is 2.39. The van der Waals surface area contributed by atoms with E-state index in [1.807, 2.05) is 0 Å². The molecule has 106 valence electrons. The summed E-state index contributed by atoms with van der Waals surface area (Å²) in [6.07, 6.45) is 6.93. The van der Waals surface area contributed by atoms with Crippen LogP contribution in [0.3, 0.4) is 0 Å². The van der Waals surface area contributed by atoms with Gasteiger partial charge < -0.3 is 5.11 Å². The number of aliphatic hydroxyl groups excluding tert-OH is 1. The summed E-state index contributed by atoms with van der Waals surface area (Å²) in [4.78, 5) is 2.86. The van der Waals surface area contributed by atoms with Crippen molar-refractivity contribution in [2.75, 3.05) is 13.2 Å². The fourth-order valence-corrected chi connectivity index (χ4v) is 4.62. The van der Waals surface area contributed by atoms with Crippen LogP contribution in [0.4, 0.5) is 0 Å². The first-order valence-electron chi connectivity index (χ1n) is 7.26. The van der Waals surface area contributed by atoms with Crippen molar-refractivity contribution in [1.82, 2.24) is 0 Å². The van der Waals surface area contributed by atoms with E-state index in [4.69, 9.17) is 5.53 Å². The Morgan fingerprint density at radius 3 is 2.79 bits per heavy atom. The van der Waals surface area contributed by atoms with Gasteiger partial charge in [-0.1, -0.05) is 44.0 Å². The first-order valence-corrected chi connectivity index (χ1v) is 7.26. The molecule has 0 spiro atoms. The molecular weight excluding hydrogens is 238 g/mol. The maximum absolute atomic E-state index is 9.86. The number of hydrogen-bond donors (Lipinski definition) is 1. The standard InChI is InChI=1S/C15H25N3O/c1-14(2)7-4-8-15(3)12(10-19)11(9-17-18-16)5-6-13(14)15/h5,12-13,19H,4,6-10H2,1-3H3/t12-,13-,15+/m0/s1. The Morgan fingerprint density at radius 1 is 1.42 bits per heavy atom. The zero-order valence-electron chi connectivity index (χ0n) is 12.3. The molecule has 4 heteroatoms. The minimum Gasteiger partial charge on any atom is -0.396 e. The van der Waals surface area contributed by atoms with Crippen molar-refractivity contribution in [3.8, 4) is 0 Å². The largest absolute Gasteiger partial charge is 0.396 e. The Kier molecular flexibility index (Phi) is 3.93. The minimum absolute atomic E-state index is 0.144. The molecule has 0 aromatic carbocycles. The third-order valence-electron chi connectivity index (χ3n) is 5.63. The highest BCUT2D eigenvalue weighted by atomic mass is 16.3. The van der Waals surface area contributed by atoms with E-state index in [-0.39, 0.29) is 17.9 Å². The molecule has 0 unspecified atom stereocenters. The Bertz CT molecular complexity index is 423. The topological polar surface area (TPSA) is 69.0 Å². The number of fused-ring (bicyclic) bond motifs is 1. The van der Waals surface area contributed by atoms with Crippen molar-refractivity contribution >= 4 is 0 Å². The van der Waals surface area contributed by atoms with Gasteiger partial charge in [0.25, 0.3) is 0 Å². The summed E-state index contributed by atoms with van der Waals surface area (Å²) in [7, 11) is 0. The molecule has 0 saturated heterocycles. The van der Waals surface area contributed by atoms with E-state index in [9.17, 15) is 5.11 Å². The van der Waals surface area contributed by atoms with Crippen molar-refractivity contribution in [2.45, 2.75) is 46.5 Å². The van der Waals surface area contributed by atoms with Gasteiger partial charge in [-0.15, -0.1) is 0 Å². The molecule has 0 radical (unpaired) electrons. The van der Waals surface area contributed by atoms with Crippen LogP contribution in [0.2, 0.25) is 0 Å². The van der Waals surface area contributed by atoms with E-state index in [0.717, 1.165) is 12.0 Å². The SMILES string of the molecule is CC1(C)CCC[C@]2(C)[C@@H](CO)C(CN=[N+]=[N-])=CC[C@@H]12. The number of hydrogen-bond acceptors (Lipinski definition) is 2. The molecule has 0 aliphatic heterocycles. The lowest BCUT2D eigenvalue weighted by Crippen LogP contribution is -2.50. The maximum Gasteiger partial charge on any atom is 0.0501 e. The lowest BCUT2D eigenvalue weighted by Gasteiger charge is -2.56. The quantitative estimate of drug-likeness (QED) is 0.354. The second-order valence-electron chi connectivity index (χ2n) is 7.04. The summed E-state index contributed by atoms with van der Waals surface area (Å²) in [6, 6.07) is 0. The molecule has 2 rings (SSSR count). The summed E-state index contributed by atoms with van der Waals surface area (Å²) in [5, 5.41) is 13.6. The lowest BCUT2D eigenvalue weighted by atomic mass is 9.49. The highest BCUT2D eigenvalue weighted by Crippen LogP contribution is 2.59. The molecule has 4 nitrogen and oxygen atoms in total. The van der Waals surface area contributed by atoms with Crippen LogP contribution in [0.25, 0.3) is 10.4 Å². The van der Waals surface area contributed by atoms with Crippen LogP contribution >= 0.6 is 0 Å².